The Bertz CT molecular complexity index is 895. The number of morpholine rings is 1. The molecule has 0 aliphatic carbocycles. The predicted octanol–water partition coefficient (Wildman–Crippen LogP) is 0.0792. The summed E-state index contributed by atoms with van der Waals surface area (Å²) in [4.78, 5) is 6.33. The predicted molar refractivity (Wildman–Crippen MR) is 98.0 cm³/mol. The second-order valence-corrected chi connectivity index (χ2v) is 7.01. The maximum atomic E-state index is 6.50. The van der Waals surface area contributed by atoms with Crippen molar-refractivity contribution < 1.29 is 18.6 Å². The maximum Gasteiger partial charge on any atom is 0.232 e. The molecule has 1 fully saturated rings. The van der Waals surface area contributed by atoms with E-state index >= 15 is 0 Å². The number of aromatic nitrogens is 3. The fourth-order valence-corrected chi connectivity index (χ4v) is 3.77. The van der Waals surface area contributed by atoms with Crippen LogP contribution in [0.2, 0.25) is 0 Å². The van der Waals surface area contributed by atoms with Gasteiger partial charge in [0.25, 0.3) is 0 Å². The molecular formula is C19H27N5O2+2. The molecule has 0 spiro atoms. The zero-order valence-electron chi connectivity index (χ0n) is 15.5. The van der Waals surface area contributed by atoms with Gasteiger partial charge in [0.1, 0.15) is 30.8 Å². The van der Waals surface area contributed by atoms with Gasteiger partial charge in [0.15, 0.2) is 0 Å². The summed E-state index contributed by atoms with van der Waals surface area (Å²) in [6.45, 7) is 10.8. The van der Waals surface area contributed by atoms with E-state index in [-0.39, 0.29) is 0 Å². The molecule has 1 aliphatic heterocycles. The Morgan fingerprint density at radius 2 is 2.12 bits per heavy atom. The van der Waals surface area contributed by atoms with Crippen LogP contribution in [0.25, 0.3) is 11.0 Å². The molecule has 0 aromatic carbocycles. The molecule has 7 nitrogen and oxygen atoms in total. The topological polar surface area (TPSA) is 74.5 Å². The summed E-state index contributed by atoms with van der Waals surface area (Å²) in [5, 5.41) is 1.05. The summed E-state index contributed by atoms with van der Waals surface area (Å²) in [6.07, 6.45) is 3.50. The molecular weight excluding hydrogens is 330 g/mol. The number of rotatable bonds is 5. The first-order valence-corrected chi connectivity index (χ1v) is 9.22. The van der Waals surface area contributed by atoms with Crippen LogP contribution in [0.3, 0.4) is 0 Å². The Labute approximate surface area is 153 Å². The SMILES string of the molecule is Cc1c(C)n(CC[NH+]2CCOCC2)c2nc[n+](Cc3ccco3)c(N)c12. The van der Waals surface area contributed by atoms with Crippen molar-refractivity contribution in [2.45, 2.75) is 26.9 Å². The molecule has 0 radical (unpaired) electrons. The highest BCUT2D eigenvalue weighted by molar-refractivity contribution is 5.89. The zero-order valence-corrected chi connectivity index (χ0v) is 15.5. The van der Waals surface area contributed by atoms with Crippen LogP contribution < -0.4 is 15.2 Å². The molecule has 0 bridgehead atoms. The molecule has 1 aliphatic rings. The van der Waals surface area contributed by atoms with Crippen LogP contribution in [-0.2, 0) is 17.8 Å². The lowest BCUT2D eigenvalue weighted by Crippen LogP contribution is -3.14. The van der Waals surface area contributed by atoms with E-state index in [1.807, 2.05) is 23.0 Å². The average Bonchev–Trinajstić information content (AvgIpc) is 3.25. The van der Waals surface area contributed by atoms with Gasteiger partial charge in [-0.15, -0.1) is 0 Å². The van der Waals surface area contributed by atoms with Gasteiger partial charge in [-0.1, -0.05) is 4.98 Å². The highest BCUT2D eigenvalue weighted by Gasteiger charge is 2.23. The molecule has 4 rings (SSSR count). The second kappa shape index (κ2) is 7.09. The number of quaternary nitrogens is 1. The van der Waals surface area contributed by atoms with Gasteiger partial charge in [-0.3, -0.25) is 0 Å². The van der Waals surface area contributed by atoms with E-state index in [9.17, 15) is 0 Å². The number of anilines is 1. The van der Waals surface area contributed by atoms with Crippen molar-refractivity contribution in [3.05, 3.63) is 41.7 Å². The van der Waals surface area contributed by atoms with Gasteiger partial charge in [-0.25, -0.2) is 4.57 Å². The number of ether oxygens (including phenoxy) is 1. The van der Waals surface area contributed by atoms with Crippen LogP contribution in [0.15, 0.2) is 29.1 Å². The average molecular weight is 357 g/mol. The van der Waals surface area contributed by atoms with E-state index < -0.39 is 0 Å². The molecule has 26 heavy (non-hydrogen) atoms. The van der Waals surface area contributed by atoms with Gasteiger partial charge in [0, 0.05) is 5.69 Å². The van der Waals surface area contributed by atoms with E-state index in [0.29, 0.717) is 6.54 Å². The number of furan rings is 1. The van der Waals surface area contributed by atoms with Crippen molar-refractivity contribution in [1.82, 2.24) is 9.55 Å². The summed E-state index contributed by atoms with van der Waals surface area (Å²) in [5.41, 5.74) is 9.92. The minimum Gasteiger partial charge on any atom is -0.466 e. The molecule has 3 aromatic heterocycles. The molecule has 1 saturated heterocycles. The van der Waals surface area contributed by atoms with E-state index in [2.05, 4.69) is 18.4 Å². The van der Waals surface area contributed by atoms with Gasteiger partial charge < -0.3 is 24.4 Å². The van der Waals surface area contributed by atoms with Crippen LogP contribution in [0.4, 0.5) is 5.82 Å². The summed E-state index contributed by atoms with van der Waals surface area (Å²) >= 11 is 0. The monoisotopic (exact) mass is 357 g/mol. The number of fused-ring (bicyclic) bond motifs is 1. The number of nitrogens with zero attached hydrogens (tertiary/aromatic N) is 3. The number of hydrogen-bond donors (Lipinski definition) is 2. The number of nitrogens with one attached hydrogen (secondary N) is 1. The smallest absolute Gasteiger partial charge is 0.232 e. The second-order valence-electron chi connectivity index (χ2n) is 7.01. The quantitative estimate of drug-likeness (QED) is 0.634. The summed E-state index contributed by atoms with van der Waals surface area (Å²) in [7, 11) is 0. The third-order valence-corrected chi connectivity index (χ3v) is 5.48. The number of nitrogens with two attached hydrogens (primary N) is 1. The van der Waals surface area contributed by atoms with Crippen molar-refractivity contribution in [3.8, 4) is 0 Å². The minimum atomic E-state index is 0.587. The summed E-state index contributed by atoms with van der Waals surface area (Å²) in [6, 6.07) is 3.84. The Kier molecular flexibility index (Phi) is 4.65. The van der Waals surface area contributed by atoms with Crippen LogP contribution >= 0.6 is 0 Å². The van der Waals surface area contributed by atoms with E-state index in [1.165, 1.54) is 11.3 Å². The Balaban J connectivity index is 1.64. The highest BCUT2D eigenvalue weighted by Crippen LogP contribution is 2.26. The first-order chi connectivity index (χ1) is 12.6. The standard InChI is InChI=1S/C19H25N5O2/c1-14-15(2)24(6-5-22-7-10-25-11-8-22)19-17(14)18(20)23(13-21-19)12-16-4-3-9-26-16/h3-4,9,13,20H,5-8,10-12H2,1-2H3/p+2. The molecule has 4 heterocycles. The van der Waals surface area contributed by atoms with E-state index in [0.717, 1.165) is 62.0 Å². The lowest BCUT2D eigenvalue weighted by molar-refractivity contribution is -0.908. The fourth-order valence-electron chi connectivity index (χ4n) is 3.77. The van der Waals surface area contributed by atoms with Crippen LogP contribution in [0.1, 0.15) is 17.0 Å². The van der Waals surface area contributed by atoms with Crippen molar-refractivity contribution in [1.29, 1.82) is 0 Å². The third-order valence-electron chi connectivity index (χ3n) is 5.48. The fraction of sp³-hybridized carbons (Fsp3) is 0.474. The first-order valence-electron chi connectivity index (χ1n) is 9.22. The summed E-state index contributed by atoms with van der Waals surface area (Å²) < 4.78 is 15.2. The van der Waals surface area contributed by atoms with Crippen molar-refractivity contribution in [2.24, 2.45) is 0 Å². The largest absolute Gasteiger partial charge is 0.466 e. The molecule has 7 heteroatoms. The molecule has 0 saturated carbocycles. The Hall–Kier alpha value is -2.38. The van der Waals surface area contributed by atoms with Crippen LogP contribution in [0, 0.1) is 13.8 Å². The number of hydrogen-bond acceptors (Lipinski definition) is 4. The Morgan fingerprint density at radius 1 is 1.31 bits per heavy atom. The normalized spacial score (nSPS) is 15.8. The number of nitrogen functional groups attached to an aromatic ring is 1. The maximum absolute atomic E-state index is 6.50. The summed E-state index contributed by atoms with van der Waals surface area (Å²) in [5.74, 6) is 1.61. The van der Waals surface area contributed by atoms with Gasteiger partial charge in [0.05, 0.1) is 32.6 Å². The van der Waals surface area contributed by atoms with Crippen molar-refractivity contribution in [2.75, 3.05) is 38.6 Å². The molecule has 0 atom stereocenters. The van der Waals surface area contributed by atoms with Gasteiger partial charge >= 0.3 is 0 Å². The van der Waals surface area contributed by atoms with E-state index in [4.69, 9.17) is 19.9 Å². The van der Waals surface area contributed by atoms with Crippen molar-refractivity contribution in [3.63, 3.8) is 0 Å². The molecule has 3 N–H and O–H groups in total. The molecule has 138 valence electrons. The first kappa shape index (κ1) is 17.1. The molecule has 3 aromatic rings. The van der Waals surface area contributed by atoms with Crippen LogP contribution in [-0.4, -0.2) is 42.4 Å². The third kappa shape index (κ3) is 3.08. The van der Waals surface area contributed by atoms with E-state index in [1.54, 1.807) is 11.2 Å². The van der Waals surface area contributed by atoms with Gasteiger partial charge in [0.2, 0.25) is 17.8 Å². The molecule has 0 amide bonds. The van der Waals surface area contributed by atoms with Crippen LogP contribution in [0.5, 0.6) is 0 Å². The van der Waals surface area contributed by atoms with Crippen molar-refractivity contribution >= 4 is 16.9 Å². The zero-order chi connectivity index (χ0) is 18.1. The van der Waals surface area contributed by atoms with Gasteiger partial charge in [-0.05, 0) is 31.5 Å². The lowest BCUT2D eigenvalue weighted by Gasteiger charge is -2.24. The molecule has 0 unspecified atom stereocenters. The highest BCUT2D eigenvalue weighted by atomic mass is 16.5. The minimum absolute atomic E-state index is 0.587. The number of aryl methyl sites for hydroxylation is 1. The Morgan fingerprint density at radius 3 is 2.85 bits per heavy atom. The lowest BCUT2D eigenvalue weighted by atomic mass is 10.2. The van der Waals surface area contributed by atoms with Gasteiger partial charge in [-0.2, -0.15) is 0 Å².